The van der Waals surface area contributed by atoms with Crippen LogP contribution in [0.25, 0.3) is 0 Å². The molecule has 1 aromatic rings. The predicted octanol–water partition coefficient (Wildman–Crippen LogP) is 2.58. The van der Waals surface area contributed by atoms with Gasteiger partial charge in [0.2, 0.25) is 0 Å². The Bertz CT molecular complexity index is 637. The van der Waals surface area contributed by atoms with E-state index >= 15 is 0 Å². The molecule has 0 fully saturated rings. The van der Waals surface area contributed by atoms with Crippen LogP contribution in [0.1, 0.15) is 44.6 Å². The summed E-state index contributed by atoms with van der Waals surface area (Å²) in [5, 5.41) is 10.9. The molecule has 0 unspecified atom stereocenters. The smallest absolute Gasteiger partial charge is 0.410 e. The third-order valence-electron chi connectivity index (χ3n) is 3.84. The van der Waals surface area contributed by atoms with Crippen LogP contribution in [0.15, 0.2) is 4.99 Å². The molecule has 0 radical (unpaired) electrons. The summed E-state index contributed by atoms with van der Waals surface area (Å²) in [6.07, 6.45) is -0.331. The molecule has 27 heavy (non-hydrogen) atoms. The van der Waals surface area contributed by atoms with E-state index in [1.165, 1.54) is 0 Å². The molecule has 2 N–H and O–H groups in total. The van der Waals surface area contributed by atoms with Crippen molar-refractivity contribution in [2.45, 2.75) is 53.7 Å². The SMILES string of the molecule is CCNC(=NCc1c(C)nn(C)c1C)NCCN(C)C(=O)OC(C)(C)C.I. The number of amides is 1. The highest BCUT2D eigenvalue weighted by molar-refractivity contribution is 14.0. The highest BCUT2D eigenvalue weighted by Gasteiger charge is 2.19. The molecule has 9 heteroatoms. The molecule has 8 nitrogen and oxygen atoms in total. The average molecular weight is 494 g/mol. The van der Waals surface area contributed by atoms with E-state index in [2.05, 4.69) is 20.7 Å². The second-order valence-electron chi connectivity index (χ2n) is 7.30. The standard InChI is InChI=1S/C18H34N6O2.HI/c1-9-19-16(21-12-15-13(2)22-24(8)14(15)3)20-10-11-23(7)17(25)26-18(4,5)6;/h9-12H2,1-8H3,(H2,19,20,21);1H. The van der Waals surface area contributed by atoms with Crippen LogP contribution in [0, 0.1) is 13.8 Å². The van der Waals surface area contributed by atoms with E-state index in [-0.39, 0.29) is 30.1 Å². The minimum Gasteiger partial charge on any atom is -0.444 e. The van der Waals surface area contributed by atoms with Crippen molar-refractivity contribution in [1.82, 2.24) is 25.3 Å². The van der Waals surface area contributed by atoms with E-state index in [9.17, 15) is 4.79 Å². The van der Waals surface area contributed by atoms with Crippen LogP contribution in [0.2, 0.25) is 0 Å². The Balaban J connectivity index is 0.00000676. The van der Waals surface area contributed by atoms with Gasteiger partial charge in [0.05, 0.1) is 12.2 Å². The van der Waals surface area contributed by atoms with Crippen molar-refractivity contribution >= 4 is 36.0 Å². The van der Waals surface area contributed by atoms with Gasteiger partial charge in [-0.3, -0.25) is 4.68 Å². The molecular weight excluding hydrogens is 459 g/mol. The number of halogens is 1. The molecule has 0 saturated carbocycles. The summed E-state index contributed by atoms with van der Waals surface area (Å²) in [6, 6.07) is 0. The van der Waals surface area contributed by atoms with Crippen molar-refractivity contribution in [3.63, 3.8) is 0 Å². The number of hydrogen-bond acceptors (Lipinski definition) is 4. The summed E-state index contributed by atoms with van der Waals surface area (Å²) in [7, 11) is 3.66. The van der Waals surface area contributed by atoms with Crippen molar-refractivity contribution in [2.24, 2.45) is 12.0 Å². The van der Waals surface area contributed by atoms with Crippen molar-refractivity contribution < 1.29 is 9.53 Å². The van der Waals surface area contributed by atoms with Crippen molar-refractivity contribution in [3.8, 4) is 0 Å². The van der Waals surface area contributed by atoms with Crippen LogP contribution in [0.3, 0.4) is 0 Å². The van der Waals surface area contributed by atoms with E-state index in [4.69, 9.17) is 4.74 Å². The zero-order chi connectivity index (χ0) is 19.9. The van der Waals surface area contributed by atoms with E-state index in [1.54, 1.807) is 11.9 Å². The molecule has 156 valence electrons. The molecule has 0 spiro atoms. The summed E-state index contributed by atoms with van der Waals surface area (Å²) in [6.45, 7) is 14.0. The largest absolute Gasteiger partial charge is 0.444 e. The molecule has 1 amide bonds. The van der Waals surface area contributed by atoms with Gasteiger partial charge in [-0.05, 0) is 41.5 Å². The normalized spacial score (nSPS) is 11.6. The first-order valence-corrected chi connectivity index (χ1v) is 9.00. The van der Waals surface area contributed by atoms with Gasteiger partial charge < -0.3 is 20.3 Å². The maximum atomic E-state index is 12.0. The van der Waals surface area contributed by atoms with Gasteiger partial charge in [-0.15, -0.1) is 24.0 Å². The lowest BCUT2D eigenvalue weighted by Gasteiger charge is -2.24. The first-order chi connectivity index (χ1) is 12.0. The van der Waals surface area contributed by atoms with E-state index in [0.717, 1.165) is 23.5 Å². The Morgan fingerprint density at radius 1 is 1.30 bits per heavy atom. The molecule has 0 aromatic carbocycles. The number of nitrogens with zero attached hydrogens (tertiary/aromatic N) is 4. The van der Waals surface area contributed by atoms with Gasteiger partial charge in [0.15, 0.2) is 5.96 Å². The van der Waals surface area contributed by atoms with E-state index in [1.807, 2.05) is 53.3 Å². The quantitative estimate of drug-likeness (QED) is 0.361. The lowest BCUT2D eigenvalue weighted by Crippen LogP contribution is -2.43. The Morgan fingerprint density at radius 2 is 1.93 bits per heavy atom. The fourth-order valence-corrected chi connectivity index (χ4v) is 2.32. The number of aryl methyl sites for hydroxylation is 2. The van der Waals surface area contributed by atoms with Crippen LogP contribution in [0.4, 0.5) is 4.79 Å². The van der Waals surface area contributed by atoms with Gasteiger partial charge in [-0.2, -0.15) is 5.10 Å². The topological polar surface area (TPSA) is 83.8 Å². The van der Waals surface area contributed by atoms with Crippen molar-refractivity contribution in [1.29, 1.82) is 0 Å². The van der Waals surface area contributed by atoms with E-state index in [0.29, 0.717) is 25.6 Å². The Labute approximate surface area is 180 Å². The second kappa shape index (κ2) is 11.4. The third kappa shape index (κ3) is 8.81. The summed E-state index contributed by atoms with van der Waals surface area (Å²) in [5.41, 5.74) is 2.76. The van der Waals surface area contributed by atoms with Crippen LogP contribution in [0.5, 0.6) is 0 Å². The van der Waals surface area contributed by atoms with Gasteiger partial charge in [-0.1, -0.05) is 0 Å². The van der Waals surface area contributed by atoms with Crippen molar-refractivity contribution in [3.05, 3.63) is 17.0 Å². The number of nitrogens with one attached hydrogen (secondary N) is 2. The highest BCUT2D eigenvalue weighted by Crippen LogP contribution is 2.12. The molecule has 0 saturated heterocycles. The fourth-order valence-electron chi connectivity index (χ4n) is 2.32. The molecule has 0 atom stereocenters. The van der Waals surface area contributed by atoms with Gasteiger partial charge in [0.1, 0.15) is 5.60 Å². The molecule has 0 aliphatic carbocycles. The van der Waals surface area contributed by atoms with Crippen LogP contribution in [-0.4, -0.2) is 59.0 Å². The molecular formula is C18H35IN6O2. The number of aromatic nitrogens is 2. The number of carbonyl (C=O) groups excluding carboxylic acids is 1. The Hall–Kier alpha value is -1.52. The predicted molar refractivity (Wildman–Crippen MR) is 120 cm³/mol. The Kier molecular flexibility index (Phi) is 10.7. The summed E-state index contributed by atoms with van der Waals surface area (Å²) in [4.78, 5) is 18.1. The van der Waals surface area contributed by atoms with Crippen LogP contribution < -0.4 is 10.6 Å². The van der Waals surface area contributed by atoms with Crippen LogP contribution in [-0.2, 0) is 18.3 Å². The monoisotopic (exact) mass is 494 g/mol. The van der Waals surface area contributed by atoms with Gasteiger partial charge in [0.25, 0.3) is 0 Å². The summed E-state index contributed by atoms with van der Waals surface area (Å²) >= 11 is 0. The molecule has 0 aliphatic rings. The first-order valence-electron chi connectivity index (χ1n) is 9.00. The van der Waals surface area contributed by atoms with Crippen molar-refractivity contribution in [2.75, 3.05) is 26.7 Å². The van der Waals surface area contributed by atoms with Crippen LogP contribution >= 0.6 is 24.0 Å². The third-order valence-corrected chi connectivity index (χ3v) is 3.84. The number of likely N-dealkylation sites (N-methyl/N-ethyl adjacent to an activating group) is 1. The fraction of sp³-hybridized carbons (Fsp3) is 0.722. The molecule has 0 bridgehead atoms. The molecule has 0 aliphatic heterocycles. The maximum absolute atomic E-state index is 12.0. The minimum absolute atomic E-state index is 0. The number of rotatable bonds is 6. The number of carbonyl (C=O) groups is 1. The van der Waals surface area contributed by atoms with E-state index < -0.39 is 5.60 Å². The maximum Gasteiger partial charge on any atom is 0.410 e. The summed E-state index contributed by atoms with van der Waals surface area (Å²) < 4.78 is 7.21. The first kappa shape index (κ1) is 25.5. The highest BCUT2D eigenvalue weighted by atomic mass is 127. The van der Waals surface area contributed by atoms with Gasteiger partial charge in [0, 0.05) is 45.0 Å². The number of hydrogen-bond donors (Lipinski definition) is 2. The zero-order valence-corrected chi connectivity index (χ0v) is 20.2. The number of aliphatic imine (C=N–C) groups is 1. The van der Waals surface area contributed by atoms with Gasteiger partial charge in [-0.25, -0.2) is 9.79 Å². The Morgan fingerprint density at radius 3 is 2.41 bits per heavy atom. The zero-order valence-electron chi connectivity index (χ0n) is 17.8. The minimum atomic E-state index is -0.491. The summed E-state index contributed by atoms with van der Waals surface area (Å²) in [5.74, 6) is 0.716. The molecule has 1 rings (SSSR count). The number of guanidine groups is 1. The lowest BCUT2D eigenvalue weighted by atomic mass is 10.2. The average Bonchev–Trinajstić information content (AvgIpc) is 2.76. The molecule has 1 heterocycles. The van der Waals surface area contributed by atoms with Gasteiger partial charge >= 0.3 is 6.09 Å². The second-order valence-corrected chi connectivity index (χ2v) is 7.30. The molecule has 1 aromatic heterocycles. The lowest BCUT2D eigenvalue weighted by molar-refractivity contribution is 0.0302. The number of ether oxygens (including phenoxy) is 1.